The lowest BCUT2D eigenvalue weighted by atomic mass is 10.2. The van der Waals surface area contributed by atoms with Crippen molar-refractivity contribution >= 4 is 40.7 Å². The average molecular weight is 357 g/mol. The lowest BCUT2D eigenvalue weighted by Gasteiger charge is -2.08. The second-order valence-corrected chi connectivity index (χ2v) is 5.27. The largest absolute Gasteiger partial charge is 0.497 e. The standard InChI is InChI=1S/C17H15N3O4S/c1-24-15-8-6-13(7-9-15)18-17(25)19-16(21)10-5-12-3-2-4-14(11-12)20(22)23/h2-11H,1H3,(H2,18,19,21,25). The number of rotatable bonds is 5. The molecule has 2 rings (SSSR count). The van der Waals surface area contributed by atoms with Crippen molar-refractivity contribution in [3.05, 3.63) is 70.3 Å². The summed E-state index contributed by atoms with van der Waals surface area (Å²) in [5.74, 6) is 0.262. The molecular formula is C17H15N3O4S. The number of nitro groups is 1. The van der Waals surface area contributed by atoms with Gasteiger partial charge in [0.25, 0.3) is 5.69 Å². The first-order chi connectivity index (χ1) is 12.0. The number of thiocarbonyl (C=S) groups is 1. The molecule has 0 unspecified atom stereocenters. The zero-order valence-corrected chi connectivity index (χ0v) is 14.1. The number of benzene rings is 2. The van der Waals surface area contributed by atoms with Gasteiger partial charge in [0.15, 0.2) is 5.11 Å². The lowest BCUT2D eigenvalue weighted by Crippen LogP contribution is -2.32. The Bertz CT molecular complexity index is 819. The van der Waals surface area contributed by atoms with Gasteiger partial charge in [-0.25, -0.2) is 0 Å². The predicted molar refractivity (Wildman–Crippen MR) is 99.5 cm³/mol. The van der Waals surface area contributed by atoms with E-state index in [9.17, 15) is 14.9 Å². The number of nitrogens with zero attached hydrogens (tertiary/aromatic N) is 1. The fourth-order valence-electron chi connectivity index (χ4n) is 1.90. The molecule has 0 aliphatic rings. The molecule has 0 aromatic heterocycles. The molecule has 0 saturated carbocycles. The summed E-state index contributed by atoms with van der Waals surface area (Å²) in [6.45, 7) is 0. The molecule has 0 aliphatic heterocycles. The highest BCUT2D eigenvalue weighted by atomic mass is 32.1. The van der Waals surface area contributed by atoms with Crippen LogP contribution in [0, 0.1) is 10.1 Å². The van der Waals surface area contributed by atoms with Crippen molar-refractivity contribution in [2.45, 2.75) is 0 Å². The first kappa shape index (κ1) is 18.1. The van der Waals surface area contributed by atoms with Crippen LogP contribution in [0.1, 0.15) is 5.56 Å². The third kappa shape index (κ3) is 5.70. The third-order valence-electron chi connectivity index (χ3n) is 3.09. The minimum absolute atomic E-state index is 0.0424. The Morgan fingerprint density at radius 3 is 2.60 bits per heavy atom. The van der Waals surface area contributed by atoms with E-state index in [1.807, 2.05) is 0 Å². The fraction of sp³-hybridized carbons (Fsp3) is 0.0588. The minimum atomic E-state index is -0.495. The molecule has 2 N–H and O–H groups in total. The molecule has 0 heterocycles. The first-order valence-electron chi connectivity index (χ1n) is 7.16. The first-order valence-corrected chi connectivity index (χ1v) is 7.57. The SMILES string of the molecule is COc1ccc(NC(=S)NC(=O)C=Cc2cccc([N+](=O)[O-])c2)cc1. The number of hydrogen-bond acceptors (Lipinski definition) is 5. The second kappa shape index (κ2) is 8.55. The molecule has 1 amide bonds. The maximum atomic E-state index is 11.9. The Hall–Kier alpha value is -3.26. The monoisotopic (exact) mass is 357 g/mol. The van der Waals surface area contributed by atoms with Crippen molar-refractivity contribution in [2.75, 3.05) is 12.4 Å². The zero-order chi connectivity index (χ0) is 18.2. The van der Waals surface area contributed by atoms with Crippen molar-refractivity contribution in [3.8, 4) is 5.75 Å². The van der Waals surface area contributed by atoms with Crippen LogP contribution in [0.15, 0.2) is 54.6 Å². The molecule has 0 radical (unpaired) electrons. The molecule has 8 heteroatoms. The van der Waals surface area contributed by atoms with Gasteiger partial charge >= 0.3 is 0 Å². The topological polar surface area (TPSA) is 93.5 Å². The number of anilines is 1. The van der Waals surface area contributed by atoms with Crippen LogP contribution in [0.3, 0.4) is 0 Å². The Morgan fingerprint density at radius 2 is 1.96 bits per heavy atom. The summed E-state index contributed by atoms with van der Waals surface area (Å²) in [4.78, 5) is 22.1. The van der Waals surface area contributed by atoms with Crippen LogP contribution in [0.4, 0.5) is 11.4 Å². The number of methoxy groups -OCH3 is 1. The maximum absolute atomic E-state index is 11.9. The van der Waals surface area contributed by atoms with Crippen molar-refractivity contribution in [1.29, 1.82) is 0 Å². The molecule has 0 saturated heterocycles. The molecule has 2 aromatic rings. The summed E-state index contributed by atoms with van der Waals surface area (Å²) in [5.41, 5.74) is 1.20. The van der Waals surface area contributed by atoms with Gasteiger partial charge in [0, 0.05) is 23.9 Å². The van der Waals surface area contributed by atoms with E-state index in [-0.39, 0.29) is 10.8 Å². The Kier molecular flexibility index (Phi) is 6.19. The summed E-state index contributed by atoms with van der Waals surface area (Å²) >= 11 is 5.06. The van der Waals surface area contributed by atoms with Gasteiger partial charge in [-0.2, -0.15) is 0 Å². The van der Waals surface area contributed by atoms with Crippen LogP contribution in [0.2, 0.25) is 0 Å². The molecule has 0 aliphatic carbocycles. The molecular weight excluding hydrogens is 342 g/mol. The van der Waals surface area contributed by atoms with Crippen molar-refractivity contribution in [2.24, 2.45) is 0 Å². The van der Waals surface area contributed by atoms with Gasteiger partial charge in [0.05, 0.1) is 12.0 Å². The molecule has 0 atom stereocenters. The number of non-ortho nitro benzene ring substituents is 1. The van der Waals surface area contributed by atoms with Crippen LogP contribution in [-0.2, 0) is 4.79 Å². The number of nitrogens with one attached hydrogen (secondary N) is 2. The van der Waals surface area contributed by atoms with Crippen LogP contribution < -0.4 is 15.4 Å². The highest BCUT2D eigenvalue weighted by Crippen LogP contribution is 2.15. The van der Waals surface area contributed by atoms with E-state index in [1.165, 1.54) is 24.3 Å². The second-order valence-electron chi connectivity index (χ2n) is 4.86. The van der Waals surface area contributed by atoms with Gasteiger partial charge < -0.3 is 10.1 Å². The molecule has 25 heavy (non-hydrogen) atoms. The summed E-state index contributed by atoms with van der Waals surface area (Å²) in [5, 5.41) is 16.2. The van der Waals surface area contributed by atoms with Crippen LogP contribution in [0.5, 0.6) is 5.75 Å². The highest BCUT2D eigenvalue weighted by molar-refractivity contribution is 7.80. The van der Waals surface area contributed by atoms with E-state index in [0.717, 1.165) is 0 Å². The van der Waals surface area contributed by atoms with Crippen molar-refractivity contribution < 1.29 is 14.5 Å². The number of carbonyl (C=O) groups excluding carboxylic acids is 1. The van der Waals surface area contributed by atoms with Gasteiger partial charge in [0.2, 0.25) is 5.91 Å². The summed E-state index contributed by atoms with van der Waals surface area (Å²) in [6, 6.07) is 13.0. The number of carbonyl (C=O) groups is 1. The van der Waals surface area contributed by atoms with Crippen LogP contribution in [0.25, 0.3) is 6.08 Å². The van der Waals surface area contributed by atoms with E-state index < -0.39 is 10.8 Å². The van der Waals surface area contributed by atoms with E-state index >= 15 is 0 Å². The predicted octanol–water partition coefficient (Wildman–Crippen LogP) is 3.13. The van der Waals surface area contributed by atoms with Crippen LogP contribution in [-0.4, -0.2) is 23.1 Å². The Balaban J connectivity index is 1.91. The molecule has 128 valence electrons. The number of nitro benzene ring substituents is 1. The minimum Gasteiger partial charge on any atom is -0.497 e. The number of amides is 1. The van der Waals surface area contributed by atoms with Gasteiger partial charge in [0.1, 0.15) is 5.75 Å². The fourth-order valence-corrected chi connectivity index (χ4v) is 2.12. The molecule has 2 aromatic carbocycles. The van der Waals surface area contributed by atoms with Gasteiger partial charge in [-0.3, -0.25) is 20.2 Å². The van der Waals surface area contributed by atoms with Crippen LogP contribution >= 0.6 is 12.2 Å². The highest BCUT2D eigenvalue weighted by Gasteiger charge is 2.05. The molecule has 7 nitrogen and oxygen atoms in total. The molecule has 0 fully saturated rings. The lowest BCUT2D eigenvalue weighted by molar-refractivity contribution is -0.384. The van der Waals surface area contributed by atoms with E-state index in [2.05, 4.69) is 10.6 Å². The summed E-state index contributed by atoms with van der Waals surface area (Å²) in [7, 11) is 1.57. The van der Waals surface area contributed by atoms with Gasteiger partial charge in [-0.15, -0.1) is 0 Å². The maximum Gasteiger partial charge on any atom is 0.270 e. The normalized spacial score (nSPS) is 10.3. The molecule has 0 spiro atoms. The molecule has 0 bridgehead atoms. The van der Waals surface area contributed by atoms with E-state index in [1.54, 1.807) is 43.5 Å². The van der Waals surface area contributed by atoms with Gasteiger partial charge in [-0.05, 0) is 48.1 Å². The summed E-state index contributed by atoms with van der Waals surface area (Å²) in [6.07, 6.45) is 2.72. The summed E-state index contributed by atoms with van der Waals surface area (Å²) < 4.78 is 5.05. The van der Waals surface area contributed by atoms with Crippen molar-refractivity contribution in [3.63, 3.8) is 0 Å². The van der Waals surface area contributed by atoms with E-state index in [0.29, 0.717) is 17.0 Å². The van der Waals surface area contributed by atoms with Crippen molar-refractivity contribution in [1.82, 2.24) is 5.32 Å². The van der Waals surface area contributed by atoms with E-state index in [4.69, 9.17) is 17.0 Å². The Morgan fingerprint density at radius 1 is 1.24 bits per heavy atom. The number of hydrogen-bond donors (Lipinski definition) is 2. The Labute approximate surface area is 149 Å². The van der Waals surface area contributed by atoms with Gasteiger partial charge in [-0.1, -0.05) is 12.1 Å². The quantitative estimate of drug-likeness (QED) is 0.370. The smallest absolute Gasteiger partial charge is 0.270 e. The third-order valence-corrected chi connectivity index (χ3v) is 3.30. The zero-order valence-electron chi connectivity index (χ0n) is 13.3. The number of ether oxygens (including phenoxy) is 1. The average Bonchev–Trinajstić information content (AvgIpc) is 2.60.